The summed E-state index contributed by atoms with van der Waals surface area (Å²) >= 11 is 0. The maximum atomic E-state index is 10.2. The zero-order chi connectivity index (χ0) is 16.3. The van der Waals surface area contributed by atoms with Crippen LogP contribution in [0.25, 0.3) is 0 Å². The van der Waals surface area contributed by atoms with Crippen LogP contribution in [-0.2, 0) is 33.2 Å². The SMILES string of the molecule is COCCOCCOCCOCCOCCOCCC(=O)O. The van der Waals surface area contributed by atoms with Crippen LogP contribution in [0, 0.1) is 0 Å². The summed E-state index contributed by atoms with van der Waals surface area (Å²) in [6.07, 6.45) is 0.0144. The monoisotopic (exact) mass is 324 g/mol. The lowest BCUT2D eigenvalue weighted by molar-refractivity contribution is -0.138. The van der Waals surface area contributed by atoms with Gasteiger partial charge in [0.1, 0.15) is 0 Å². The summed E-state index contributed by atoms with van der Waals surface area (Å²) in [7, 11) is 1.63. The zero-order valence-corrected chi connectivity index (χ0v) is 13.3. The lowest BCUT2D eigenvalue weighted by Crippen LogP contribution is -2.14. The largest absolute Gasteiger partial charge is 0.481 e. The Hall–Kier alpha value is -0.770. The fraction of sp³-hybridized carbons (Fsp3) is 0.929. The van der Waals surface area contributed by atoms with Crippen LogP contribution >= 0.6 is 0 Å². The van der Waals surface area contributed by atoms with Crippen LogP contribution in [0.4, 0.5) is 0 Å². The minimum Gasteiger partial charge on any atom is -0.481 e. The van der Waals surface area contributed by atoms with Crippen molar-refractivity contribution in [2.24, 2.45) is 0 Å². The van der Waals surface area contributed by atoms with Crippen molar-refractivity contribution in [3.8, 4) is 0 Å². The number of carboxylic acids is 1. The van der Waals surface area contributed by atoms with E-state index in [9.17, 15) is 4.79 Å². The molecule has 22 heavy (non-hydrogen) atoms. The zero-order valence-electron chi connectivity index (χ0n) is 13.3. The molecule has 0 aliphatic carbocycles. The molecule has 0 aliphatic heterocycles. The van der Waals surface area contributed by atoms with Crippen molar-refractivity contribution < 1.29 is 38.3 Å². The van der Waals surface area contributed by atoms with Crippen molar-refractivity contribution >= 4 is 5.97 Å². The van der Waals surface area contributed by atoms with Crippen LogP contribution < -0.4 is 0 Å². The summed E-state index contributed by atoms with van der Waals surface area (Å²) in [6, 6.07) is 0. The molecule has 0 bridgehead atoms. The Labute approximate surface area is 131 Å². The van der Waals surface area contributed by atoms with Crippen LogP contribution in [0.3, 0.4) is 0 Å². The smallest absolute Gasteiger partial charge is 0.305 e. The van der Waals surface area contributed by atoms with Gasteiger partial charge in [-0.15, -0.1) is 0 Å². The van der Waals surface area contributed by atoms with Gasteiger partial charge < -0.3 is 33.5 Å². The van der Waals surface area contributed by atoms with E-state index in [0.717, 1.165) is 0 Å². The molecule has 0 atom stereocenters. The van der Waals surface area contributed by atoms with Gasteiger partial charge in [0.25, 0.3) is 0 Å². The van der Waals surface area contributed by atoms with Gasteiger partial charge in [-0.25, -0.2) is 0 Å². The third-order valence-corrected chi connectivity index (χ3v) is 2.38. The fourth-order valence-electron chi connectivity index (χ4n) is 1.28. The maximum absolute atomic E-state index is 10.2. The average Bonchev–Trinajstić information content (AvgIpc) is 2.50. The molecule has 0 rings (SSSR count). The van der Waals surface area contributed by atoms with E-state index in [0.29, 0.717) is 66.1 Å². The molecular weight excluding hydrogens is 296 g/mol. The molecule has 0 heterocycles. The normalized spacial score (nSPS) is 11.0. The van der Waals surface area contributed by atoms with Gasteiger partial charge in [0, 0.05) is 7.11 Å². The molecule has 8 heteroatoms. The first-order chi connectivity index (χ1) is 10.8. The molecule has 0 amide bonds. The fourth-order valence-corrected chi connectivity index (χ4v) is 1.28. The molecule has 0 saturated carbocycles. The number of methoxy groups -OCH3 is 1. The van der Waals surface area contributed by atoms with Crippen molar-refractivity contribution in [2.75, 3.05) is 79.8 Å². The van der Waals surface area contributed by atoms with Crippen molar-refractivity contribution in [1.82, 2.24) is 0 Å². The third-order valence-electron chi connectivity index (χ3n) is 2.38. The van der Waals surface area contributed by atoms with E-state index in [4.69, 9.17) is 33.5 Å². The van der Waals surface area contributed by atoms with Crippen molar-refractivity contribution in [3.05, 3.63) is 0 Å². The summed E-state index contributed by atoms with van der Waals surface area (Å²) in [5.74, 6) is -0.863. The Balaban J connectivity index is 2.95. The molecule has 132 valence electrons. The predicted octanol–water partition coefficient (Wildman–Crippen LogP) is 0.191. The number of carbonyl (C=O) groups is 1. The van der Waals surface area contributed by atoms with E-state index in [1.165, 1.54) is 0 Å². The molecule has 0 saturated heterocycles. The lowest BCUT2D eigenvalue weighted by Gasteiger charge is -2.07. The molecule has 0 aliphatic rings. The second-order valence-electron chi connectivity index (χ2n) is 4.20. The number of carboxylic acid groups (broad SMARTS) is 1. The highest BCUT2D eigenvalue weighted by Gasteiger charge is 1.96. The molecule has 0 fully saturated rings. The molecule has 8 nitrogen and oxygen atoms in total. The van der Waals surface area contributed by atoms with E-state index in [1.807, 2.05) is 0 Å². The Bertz CT molecular complexity index is 237. The summed E-state index contributed by atoms with van der Waals surface area (Å²) in [6.45, 7) is 5.28. The van der Waals surface area contributed by atoms with E-state index in [1.54, 1.807) is 7.11 Å². The highest BCUT2D eigenvalue weighted by molar-refractivity contribution is 5.66. The van der Waals surface area contributed by atoms with Crippen LogP contribution in [0.5, 0.6) is 0 Å². The van der Waals surface area contributed by atoms with Gasteiger partial charge in [-0.3, -0.25) is 4.79 Å². The average molecular weight is 324 g/mol. The molecule has 0 aromatic carbocycles. The number of hydrogen-bond acceptors (Lipinski definition) is 7. The first-order valence-electron chi connectivity index (χ1n) is 7.36. The van der Waals surface area contributed by atoms with Crippen LogP contribution in [0.1, 0.15) is 6.42 Å². The van der Waals surface area contributed by atoms with Gasteiger partial charge in [-0.05, 0) is 0 Å². The van der Waals surface area contributed by atoms with E-state index >= 15 is 0 Å². The first-order valence-corrected chi connectivity index (χ1v) is 7.36. The van der Waals surface area contributed by atoms with Gasteiger partial charge in [0.15, 0.2) is 0 Å². The Morgan fingerprint density at radius 3 is 1.27 bits per heavy atom. The minimum atomic E-state index is -0.863. The predicted molar refractivity (Wildman–Crippen MR) is 78.2 cm³/mol. The second kappa shape index (κ2) is 18.3. The van der Waals surface area contributed by atoms with Gasteiger partial charge in [-0.1, -0.05) is 0 Å². The van der Waals surface area contributed by atoms with Crippen LogP contribution in [0.15, 0.2) is 0 Å². The molecule has 1 N–H and O–H groups in total. The third kappa shape index (κ3) is 19.2. The van der Waals surface area contributed by atoms with Gasteiger partial charge in [0.2, 0.25) is 0 Å². The standard InChI is InChI=1S/C14H28O8/c1-17-4-5-19-8-9-21-12-13-22-11-10-20-7-6-18-3-2-14(15)16/h2-13H2,1H3,(H,15,16). The summed E-state index contributed by atoms with van der Waals surface area (Å²) in [5, 5.41) is 8.39. The van der Waals surface area contributed by atoms with Crippen LogP contribution in [0.2, 0.25) is 0 Å². The van der Waals surface area contributed by atoms with Crippen molar-refractivity contribution in [3.63, 3.8) is 0 Å². The van der Waals surface area contributed by atoms with E-state index < -0.39 is 5.97 Å². The first kappa shape index (κ1) is 21.2. The number of ether oxygens (including phenoxy) is 6. The van der Waals surface area contributed by atoms with Gasteiger partial charge in [-0.2, -0.15) is 0 Å². The van der Waals surface area contributed by atoms with Crippen molar-refractivity contribution in [2.45, 2.75) is 6.42 Å². The van der Waals surface area contributed by atoms with Gasteiger partial charge in [0.05, 0.1) is 79.1 Å². The summed E-state index contributed by atoms with van der Waals surface area (Å²) in [5.41, 5.74) is 0. The topological polar surface area (TPSA) is 92.7 Å². The molecule has 0 unspecified atom stereocenters. The Morgan fingerprint density at radius 1 is 0.636 bits per heavy atom. The van der Waals surface area contributed by atoms with Gasteiger partial charge >= 0.3 is 5.97 Å². The maximum Gasteiger partial charge on any atom is 0.305 e. The number of rotatable bonds is 18. The molecule has 0 aromatic heterocycles. The highest BCUT2D eigenvalue weighted by Crippen LogP contribution is 1.85. The number of aliphatic carboxylic acids is 1. The van der Waals surface area contributed by atoms with E-state index in [2.05, 4.69) is 0 Å². The quantitative estimate of drug-likeness (QED) is 0.357. The number of hydrogen-bond donors (Lipinski definition) is 1. The minimum absolute atomic E-state index is 0.0144. The van der Waals surface area contributed by atoms with E-state index in [-0.39, 0.29) is 13.0 Å². The Morgan fingerprint density at radius 2 is 0.955 bits per heavy atom. The Kier molecular flexibility index (Phi) is 17.6. The summed E-state index contributed by atoms with van der Waals surface area (Å²) < 4.78 is 31.0. The molecule has 0 radical (unpaired) electrons. The highest BCUT2D eigenvalue weighted by atomic mass is 16.6. The molecule has 0 aromatic rings. The lowest BCUT2D eigenvalue weighted by atomic mass is 10.5. The molecule has 0 spiro atoms. The second-order valence-corrected chi connectivity index (χ2v) is 4.20. The van der Waals surface area contributed by atoms with Crippen molar-refractivity contribution in [1.29, 1.82) is 0 Å². The summed E-state index contributed by atoms with van der Waals surface area (Å²) in [4.78, 5) is 10.2. The van der Waals surface area contributed by atoms with Crippen LogP contribution in [-0.4, -0.2) is 90.9 Å². The molecular formula is C14H28O8.